The standard InChI is InChI=1S/C24H36N4O9/c1-12(2)10-18(24(36)37)28-21(33)16(8-9-19(31)32)26-22(34)17(27-23(35)20(25)13(3)29)11-14-4-6-15(30)7-5-14/h4-7,12-13,16-18,20,29-30H,8-11,25H2,1-3H3,(H,26,34)(H,27,35)(H,28,33)(H,31,32)(H,36,37). The first-order chi connectivity index (χ1) is 17.2. The van der Waals surface area contributed by atoms with Crippen molar-refractivity contribution in [1.29, 1.82) is 0 Å². The van der Waals surface area contributed by atoms with Crippen LogP contribution in [-0.2, 0) is 30.4 Å². The van der Waals surface area contributed by atoms with Gasteiger partial charge in [-0.05, 0) is 43.4 Å². The minimum atomic E-state index is -1.41. The maximum atomic E-state index is 13.2. The predicted octanol–water partition coefficient (Wildman–Crippen LogP) is -0.907. The van der Waals surface area contributed by atoms with Crippen LogP contribution < -0.4 is 21.7 Å². The molecule has 37 heavy (non-hydrogen) atoms. The molecule has 1 aromatic rings. The molecular weight excluding hydrogens is 488 g/mol. The van der Waals surface area contributed by atoms with Gasteiger partial charge in [0.15, 0.2) is 0 Å². The Morgan fingerprint density at radius 3 is 1.84 bits per heavy atom. The van der Waals surface area contributed by atoms with E-state index in [1.807, 2.05) is 0 Å². The van der Waals surface area contributed by atoms with E-state index in [9.17, 15) is 39.3 Å². The second-order valence-corrected chi connectivity index (χ2v) is 9.22. The highest BCUT2D eigenvalue weighted by Crippen LogP contribution is 2.12. The number of phenols is 1. The maximum Gasteiger partial charge on any atom is 0.326 e. The van der Waals surface area contributed by atoms with Crippen LogP contribution in [0.25, 0.3) is 0 Å². The van der Waals surface area contributed by atoms with Gasteiger partial charge >= 0.3 is 11.9 Å². The van der Waals surface area contributed by atoms with Gasteiger partial charge in [0.05, 0.1) is 6.10 Å². The normalized spacial score (nSPS) is 15.1. The summed E-state index contributed by atoms with van der Waals surface area (Å²) in [5, 5.41) is 44.8. The fraction of sp³-hybridized carbons (Fsp3) is 0.542. The van der Waals surface area contributed by atoms with Gasteiger partial charge < -0.3 is 42.1 Å². The van der Waals surface area contributed by atoms with Gasteiger partial charge in [-0.3, -0.25) is 19.2 Å². The summed E-state index contributed by atoms with van der Waals surface area (Å²) >= 11 is 0. The Kier molecular flexibility index (Phi) is 12.5. The molecule has 0 spiro atoms. The Labute approximate surface area is 214 Å². The van der Waals surface area contributed by atoms with E-state index in [4.69, 9.17) is 10.8 Å². The number of nitrogens with two attached hydrogens (primary N) is 1. The highest BCUT2D eigenvalue weighted by molar-refractivity contribution is 5.94. The molecule has 5 unspecified atom stereocenters. The highest BCUT2D eigenvalue weighted by Gasteiger charge is 2.31. The van der Waals surface area contributed by atoms with Gasteiger partial charge in [-0.2, -0.15) is 0 Å². The molecule has 1 rings (SSSR count). The van der Waals surface area contributed by atoms with E-state index in [0.29, 0.717) is 5.56 Å². The first kappa shape index (κ1) is 31.3. The number of phenolic OH excluding ortho intramolecular Hbond substituents is 1. The smallest absolute Gasteiger partial charge is 0.326 e. The molecule has 9 N–H and O–H groups in total. The lowest BCUT2D eigenvalue weighted by molar-refractivity contribution is -0.143. The lowest BCUT2D eigenvalue weighted by Gasteiger charge is -2.26. The molecule has 0 saturated carbocycles. The molecule has 0 aliphatic carbocycles. The van der Waals surface area contributed by atoms with Crippen LogP contribution in [0.15, 0.2) is 24.3 Å². The van der Waals surface area contributed by atoms with Crippen molar-refractivity contribution in [1.82, 2.24) is 16.0 Å². The largest absolute Gasteiger partial charge is 0.508 e. The van der Waals surface area contributed by atoms with Gasteiger partial charge in [0, 0.05) is 12.8 Å². The SMILES string of the molecule is CC(C)CC(NC(=O)C(CCC(=O)O)NC(=O)C(Cc1ccc(O)cc1)NC(=O)C(N)C(C)O)C(=O)O. The number of hydrogen-bond donors (Lipinski definition) is 8. The van der Waals surface area contributed by atoms with E-state index in [1.165, 1.54) is 31.2 Å². The summed E-state index contributed by atoms with van der Waals surface area (Å²) in [6.45, 7) is 4.82. The molecule has 0 aromatic heterocycles. The number of nitrogens with one attached hydrogen (secondary N) is 3. The van der Waals surface area contributed by atoms with Crippen molar-refractivity contribution < 1.29 is 44.4 Å². The van der Waals surface area contributed by atoms with E-state index < -0.39 is 66.4 Å². The molecule has 206 valence electrons. The molecule has 0 saturated heterocycles. The molecule has 0 aliphatic rings. The summed E-state index contributed by atoms with van der Waals surface area (Å²) in [4.78, 5) is 61.2. The Bertz CT molecular complexity index is 950. The number of carbonyl (C=O) groups excluding carboxylic acids is 3. The minimum absolute atomic E-state index is 0.0234. The molecule has 0 heterocycles. The molecular formula is C24H36N4O9. The highest BCUT2D eigenvalue weighted by atomic mass is 16.4. The van der Waals surface area contributed by atoms with Crippen LogP contribution in [0.4, 0.5) is 0 Å². The number of rotatable bonds is 15. The van der Waals surface area contributed by atoms with E-state index in [-0.39, 0.29) is 30.9 Å². The van der Waals surface area contributed by atoms with Crippen molar-refractivity contribution >= 4 is 29.7 Å². The second kappa shape index (κ2) is 14.8. The quantitative estimate of drug-likeness (QED) is 0.141. The van der Waals surface area contributed by atoms with Gasteiger partial charge in [-0.15, -0.1) is 0 Å². The topological polar surface area (TPSA) is 228 Å². The van der Waals surface area contributed by atoms with Crippen molar-refractivity contribution in [3.8, 4) is 5.75 Å². The zero-order valence-electron chi connectivity index (χ0n) is 21.0. The van der Waals surface area contributed by atoms with Crippen LogP contribution in [0.1, 0.15) is 45.6 Å². The minimum Gasteiger partial charge on any atom is -0.508 e. The number of aromatic hydroxyl groups is 1. The second-order valence-electron chi connectivity index (χ2n) is 9.22. The maximum absolute atomic E-state index is 13.2. The first-order valence-corrected chi connectivity index (χ1v) is 11.8. The number of carbonyl (C=O) groups is 5. The number of aliphatic hydroxyl groups is 1. The average Bonchev–Trinajstić information content (AvgIpc) is 2.80. The van der Waals surface area contributed by atoms with E-state index >= 15 is 0 Å². The number of carboxylic acids is 2. The van der Waals surface area contributed by atoms with Crippen molar-refractivity contribution in [2.75, 3.05) is 0 Å². The number of aliphatic hydroxyl groups excluding tert-OH is 1. The van der Waals surface area contributed by atoms with Crippen LogP contribution in [0.3, 0.4) is 0 Å². The summed E-state index contributed by atoms with van der Waals surface area (Å²) in [5.41, 5.74) is 6.19. The fourth-order valence-electron chi connectivity index (χ4n) is 3.34. The number of hydrogen-bond acceptors (Lipinski definition) is 8. The van der Waals surface area contributed by atoms with E-state index in [0.717, 1.165) is 0 Å². The van der Waals surface area contributed by atoms with Crippen molar-refractivity contribution in [3.05, 3.63) is 29.8 Å². The summed E-state index contributed by atoms with van der Waals surface area (Å²) in [7, 11) is 0. The third-order valence-corrected chi connectivity index (χ3v) is 5.43. The van der Waals surface area contributed by atoms with Gasteiger partial charge in [-0.25, -0.2) is 4.79 Å². The number of carboxylic acid groups (broad SMARTS) is 2. The van der Waals surface area contributed by atoms with Crippen LogP contribution >= 0.6 is 0 Å². The lowest BCUT2D eigenvalue weighted by atomic mass is 10.0. The first-order valence-electron chi connectivity index (χ1n) is 11.8. The van der Waals surface area contributed by atoms with E-state index in [1.54, 1.807) is 13.8 Å². The molecule has 5 atom stereocenters. The lowest BCUT2D eigenvalue weighted by Crippen LogP contribution is -2.58. The molecule has 13 nitrogen and oxygen atoms in total. The molecule has 1 aromatic carbocycles. The molecule has 13 heteroatoms. The van der Waals surface area contributed by atoms with Crippen LogP contribution in [0.5, 0.6) is 5.75 Å². The summed E-state index contributed by atoms with van der Waals surface area (Å²) in [6.07, 6.45) is -2.04. The van der Waals surface area contributed by atoms with Crippen LogP contribution in [-0.4, -0.2) is 80.4 Å². The Morgan fingerprint density at radius 2 is 1.35 bits per heavy atom. The molecule has 0 fully saturated rings. The molecule has 0 bridgehead atoms. The van der Waals surface area contributed by atoms with Gasteiger partial charge in [0.25, 0.3) is 0 Å². The van der Waals surface area contributed by atoms with Gasteiger partial charge in [-0.1, -0.05) is 26.0 Å². The monoisotopic (exact) mass is 524 g/mol. The Morgan fingerprint density at radius 1 is 0.838 bits per heavy atom. The zero-order chi connectivity index (χ0) is 28.3. The van der Waals surface area contributed by atoms with Crippen molar-refractivity contribution in [2.45, 2.75) is 76.7 Å². The van der Waals surface area contributed by atoms with Crippen LogP contribution in [0.2, 0.25) is 0 Å². The molecule has 0 radical (unpaired) electrons. The number of amides is 3. The zero-order valence-corrected chi connectivity index (χ0v) is 21.0. The third-order valence-electron chi connectivity index (χ3n) is 5.43. The Balaban J connectivity index is 3.17. The third kappa shape index (κ3) is 11.3. The number of benzene rings is 1. The number of aliphatic carboxylic acids is 2. The van der Waals surface area contributed by atoms with Crippen LogP contribution in [0, 0.1) is 5.92 Å². The van der Waals surface area contributed by atoms with Crippen molar-refractivity contribution in [3.63, 3.8) is 0 Å². The van der Waals surface area contributed by atoms with Crippen molar-refractivity contribution in [2.24, 2.45) is 11.7 Å². The van der Waals surface area contributed by atoms with Gasteiger partial charge in [0.2, 0.25) is 17.7 Å². The summed E-state index contributed by atoms with van der Waals surface area (Å²) < 4.78 is 0. The Hall–Kier alpha value is -3.71. The summed E-state index contributed by atoms with van der Waals surface area (Å²) in [6, 6.07) is 0.439. The molecule has 0 aliphatic heterocycles. The fourth-order valence-corrected chi connectivity index (χ4v) is 3.34. The van der Waals surface area contributed by atoms with E-state index in [2.05, 4.69) is 16.0 Å². The van der Waals surface area contributed by atoms with Gasteiger partial charge in [0.1, 0.15) is 29.9 Å². The predicted molar refractivity (Wildman–Crippen MR) is 131 cm³/mol. The molecule has 3 amide bonds. The summed E-state index contributed by atoms with van der Waals surface area (Å²) in [5.74, 6) is -5.21. The average molecular weight is 525 g/mol.